The molecule has 1 heterocycles. The molecule has 1 aromatic carbocycles. The van der Waals surface area contributed by atoms with Crippen molar-refractivity contribution in [3.8, 4) is 11.3 Å². The van der Waals surface area contributed by atoms with Gasteiger partial charge >= 0.3 is 0 Å². The third kappa shape index (κ3) is 2.99. The van der Waals surface area contributed by atoms with E-state index in [1.54, 1.807) is 29.9 Å². The molecule has 0 bridgehead atoms. The second kappa shape index (κ2) is 6.30. The Kier molecular flexibility index (Phi) is 4.47. The fourth-order valence-electron chi connectivity index (χ4n) is 2.24. The first kappa shape index (κ1) is 14.9. The number of aryl methyl sites for hydroxylation is 1. The lowest BCUT2D eigenvalue weighted by Crippen LogP contribution is -1.99. The Bertz CT molecular complexity index is 677. The quantitative estimate of drug-likeness (QED) is 0.463. The molecule has 0 radical (unpaired) electrons. The Hall–Kier alpha value is -2.50. The number of rotatable bonds is 6. The van der Waals surface area contributed by atoms with Crippen LogP contribution in [-0.4, -0.2) is 21.0 Å². The second-order valence-corrected chi connectivity index (χ2v) is 4.87. The summed E-state index contributed by atoms with van der Waals surface area (Å²) in [5.74, 6) is 0. The van der Waals surface area contributed by atoms with Gasteiger partial charge in [0.25, 0.3) is 5.69 Å². The summed E-state index contributed by atoms with van der Waals surface area (Å²) >= 11 is 0. The van der Waals surface area contributed by atoms with Crippen LogP contribution in [-0.2, 0) is 6.54 Å². The summed E-state index contributed by atoms with van der Waals surface area (Å²) in [6.45, 7) is 4.48. The maximum atomic E-state index is 11.2. The standard InChI is InChI=1S/C15H17N3O3/c1-3-4-8-17-9-12(10-19)15(16-17)13-6-5-7-14(11(13)2)18(20)21/h5-7,9-10H,3-4,8H2,1-2H3. The van der Waals surface area contributed by atoms with E-state index in [1.165, 1.54) is 6.07 Å². The third-order valence-electron chi connectivity index (χ3n) is 3.41. The highest BCUT2D eigenvalue weighted by Gasteiger charge is 2.18. The molecular formula is C15H17N3O3. The minimum atomic E-state index is -0.423. The molecule has 6 nitrogen and oxygen atoms in total. The lowest BCUT2D eigenvalue weighted by atomic mass is 10.0. The average Bonchev–Trinajstić information content (AvgIpc) is 2.88. The number of nitro benzene ring substituents is 1. The summed E-state index contributed by atoms with van der Waals surface area (Å²) in [6, 6.07) is 4.81. The van der Waals surface area contributed by atoms with Gasteiger partial charge in [-0.05, 0) is 13.3 Å². The van der Waals surface area contributed by atoms with Crippen molar-refractivity contribution in [2.24, 2.45) is 0 Å². The minimum absolute atomic E-state index is 0.0347. The van der Waals surface area contributed by atoms with E-state index in [9.17, 15) is 14.9 Å². The number of aldehydes is 1. The zero-order valence-electron chi connectivity index (χ0n) is 12.1. The third-order valence-corrected chi connectivity index (χ3v) is 3.41. The van der Waals surface area contributed by atoms with E-state index >= 15 is 0 Å². The molecule has 0 unspecified atom stereocenters. The van der Waals surface area contributed by atoms with E-state index in [0.29, 0.717) is 22.4 Å². The zero-order chi connectivity index (χ0) is 15.4. The van der Waals surface area contributed by atoms with E-state index < -0.39 is 4.92 Å². The van der Waals surface area contributed by atoms with Crippen LogP contribution in [0.2, 0.25) is 0 Å². The number of hydrogen-bond donors (Lipinski definition) is 0. The maximum absolute atomic E-state index is 11.2. The molecule has 2 aromatic rings. The molecule has 110 valence electrons. The van der Waals surface area contributed by atoms with E-state index in [2.05, 4.69) is 12.0 Å². The average molecular weight is 287 g/mol. The number of nitrogens with zero attached hydrogens (tertiary/aromatic N) is 3. The SMILES string of the molecule is CCCCn1cc(C=O)c(-c2cccc([N+](=O)[O-])c2C)n1. The summed E-state index contributed by atoms with van der Waals surface area (Å²) in [5.41, 5.74) is 2.14. The molecule has 0 aliphatic carbocycles. The molecule has 1 aromatic heterocycles. The van der Waals surface area contributed by atoms with Crippen LogP contribution >= 0.6 is 0 Å². The van der Waals surface area contributed by atoms with E-state index in [-0.39, 0.29) is 5.69 Å². The summed E-state index contributed by atoms with van der Waals surface area (Å²) in [4.78, 5) is 21.8. The van der Waals surface area contributed by atoms with Gasteiger partial charge in [0.2, 0.25) is 0 Å². The molecule has 0 amide bonds. The van der Waals surface area contributed by atoms with Gasteiger partial charge in [-0.2, -0.15) is 5.10 Å². The summed E-state index contributed by atoms with van der Waals surface area (Å²) < 4.78 is 1.72. The highest BCUT2D eigenvalue weighted by atomic mass is 16.6. The van der Waals surface area contributed by atoms with Gasteiger partial charge in [-0.15, -0.1) is 0 Å². The number of carbonyl (C=O) groups excluding carboxylic acids is 1. The van der Waals surface area contributed by atoms with Crippen molar-refractivity contribution in [2.75, 3.05) is 0 Å². The van der Waals surface area contributed by atoms with Crippen LogP contribution in [0, 0.1) is 17.0 Å². The molecule has 0 N–H and O–H groups in total. The van der Waals surface area contributed by atoms with Crippen LogP contribution in [0.5, 0.6) is 0 Å². The van der Waals surface area contributed by atoms with Gasteiger partial charge < -0.3 is 0 Å². The number of nitro groups is 1. The zero-order valence-corrected chi connectivity index (χ0v) is 12.1. The predicted molar refractivity (Wildman–Crippen MR) is 79.3 cm³/mol. The molecule has 21 heavy (non-hydrogen) atoms. The van der Waals surface area contributed by atoms with Crippen LogP contribution in [0.25, 0.3) is 11.3 Å². The number of aromatic nitrogens is 2. The molecule has 0 atom stereocenters. The summed E-state index contributed by atoms with van der Waals surface area (Å²) in [5, 5.41) is 15.4. The summed E-state index contributed by atoms with van der Waals surface area (Å²) in [7, 11) is 0. The summed E-state index contributed by atoms with van der Waals surface area (Å²) in [6.07, 6.45) is 4.42. The van der Waals surface area contributed by atoms with Crippen LogP contribution in [0.3, 0.4) is 0 Å². The van der Waals surface area contributed by atoms with Crippen molar-refractivity contribution >= 4 is 12.0 Å². The van der Waals surface area contributed by atoms with Crippen molar-refractivity contribution in [3.05, 3.63) is 45.6 Å². The van der Waals surface area contributed by atoms with E-state index in [0.717, 1.165) is 25.7 Å². The van der Waals surface area contributed by atoms with Crippen molar-refractivity contribution < 1.29 is 9.72 Å². The number of unbranched alkanes of at least 4 members (excludes halogenated alkanes) is 1. The first-order valence-electron chi connectivity index (χ1n) is 6.85. The Labute approximate surface area is 122 Å². The Morgan fingerprint density at radius 3 is 2.81 bits per heavy atom. The molecule has 0 saturated carbocycles. The first-order chi connectivity index (χ1) is 10.1. The van der Waals surface area contributed by atoms with Crippen molar-refractivity contribution in [2.45, 2.75) is 33.2 Å². The minimum Gasteiger partial charge on any atom is -0.298 e. The fraction of sp³-hybridized carbons (Fsp3) is 0.333. The van der Waals surface area contributed by atoms with Crippen molar-refractivity contribution in [3.63, 3.8) is 0 Å². The largest absolute Gasteiger partial charge is 0.298 e. The molecule has 6 heteroatoms. The van der Waals surface area contributed by atoms with E-state index in [4.69, 9.17) is 0 Å². The normalized spacial score (nSPS) is 10.6. The van der Waals surface area contributed by atoms with Gasteiger partial charge in [0.05, 0.1) is 10.5 Å². The van der Waals surface area contributed by atoms with Gasteiger partial charge in [0.15, 0.2) is 6.29 Å². The monoisotopic (exact) mass is 287 g/mol. The van der Waals surface area contributed by atoms with Crippen LogP contribution < -0.4 is 0 Å². The van der Waals surface area contributed by atoms with Gasteiger partial charge in [-0.3, -0.25) is 19.6 Å². The maximum Gasteiger partial charge on any atom is 0.272 e. The van der Waals surface area contributed by atoms with Gasteiger partial charge in [0, 0.05) is 29.9 Å². The van der Waals surface area contributed by atoms with Gasteiger partial charge in [0.1, 0.15) is 5.69 Å². The van der Waals surface area contributed by atoms with Crippen LogP contribution in [0.4, 0.5) is 5.69 Å². The molecule has 0 aliphatic heterocycles. The van der Waals surface area contributed by atoms with E-state index in [1.807, 2.05) is 0 Å². The van der Waals surface area contributed by atoms with Crippen LogP contribution in [0.1, 0.15) is 35.7 Å². The Morgan fingerprint density at radius 1 is 1.43 bits per heavy atom. The molecule has 0 aliphatic rings. The molecule has 0 spiro atoms. The highest BCUT2D eigenvalue weighted by molar-refractivity contribution is 5.87. The lowest BCUT2D eigenvalue weighted by molar-refractivity contribution is -0.385. The first-order valence-corrected chi connectivity index (χ1v) is 6.85. The predicted octanol–water partition coefficient (Wildman–Crippen LogP) is 3.38. The smallest absolute Gasteiger partial charge is 0.272 e. The number of benzene rings is 1. The second-order valence-electron chi connectivity index (χ2n) is 4.87. The lowest BCUT2D eigenvalue weighted by Gasteiger charge is -2.04. The Morgan fingerprint density at radius 2 is 2.19 bits per heavy atom. The molecule has 0 saturated heterocycles. The number of hydrogen-bond acceptors (Lipinski definition) is 4. The Balaban J connectivity index is 2.51. The topological polar surface area (TPSA) is 78.0 Å². The highest BCUT2D eigenvalue weighted by Crippen LogP contribution is 2.30. The van der Waals surface area contributed by atoms with Crippen LogP contribution in [0.15, 0.2) is 24.4 Å². The van der Waals surface area contributed by atoms with Gasteiger partial charge in [-0.1, -0.05) is 25.5 Å². The molecular weight excluding hydrogens is 270 g/mol. The fourth-order valence-corrected chi connectivity index (χ4v) is 2.24. The number of carbonyl (C=O) groups is 1. The van der Waals surface area contributed by atoms with Crippen molar-refractivity contribution in [1.82, 2.24) is 9.78 Å². The van der Waals surface area contributed by atoms with Gasteiger partial charge in [-0.25, -0.2) is 0 Å². The van der Waals surface area contributed by atoms with Crippen molar-refractivity contribution in [1.29, 1.82) is 0 Å². The molecule has 2 rings (SSSR count). The molecule has 0 fully saturated rings.